The van der Waals surface area contributed by atoms with Crippen molar-refractivity contribution < 1.29 is 4.74 Å². The molecule has 0 aliphatic carbocycles. The third-order valence-electron chi connectivity index (χ3n) is 1.92. The zero-order valence-electron chi connectivity index (χ0n) is 7.71. The van der Waals surface area contributed by atoms with Gasteiger partial charge < -0.3 is 4.74 Å². The second-order valence-electron chi connectivity index (χ2n) is 3.06. The maximum Gasteiger partial charge on any atom is 0.119 e. The van der Waals surface area contributed by atoms with Crippen LogP contribution in [0.5, 0.6) is 5.75 Å². The zero-order chi connectivity index (χ0) is 8.81. The standard InChI is InChI=1S/C11H15O/c1-3-10(2)9-12-11-7-5-4-6-8-11/h5-8,10H,3,9H2,1-2H3/t10-/m0/s1. The van der Waals surface area contributed by atoms with E-state index in [0.717, 1.165) is 12.4 Å². The number of hydrogen-bond acceptors (Lipinski definition) is 1. The molecular formula is C11H15O. The van der Waals surface area contributed by atoms with Gasteiger partial charge in [-0.25, -0.2) is 0 Å². The van der Waals surface area contributed by atoms with Crippen LogP contribution in [-0.2, 0) is 0 Å². The van der Waals surface area contributed by atoms with Gasteiger partial charge in [0.25, 0.3) is 0 Å². The largest absolute Gasteiger partial charge is 0.493 e. The second kappa shape index (κ2) is 4.81. The van der Waals surface area contributed by atoms with Crippen molar-refractivity contribution in [2.45, 2.75) is 20.3 Å². The molecule has 0 aliphatic heterocycles. The fourth-order valence-corrected chi connectivity index (χ4v) is 0.824. The van der Waals surface area contributed by atoms with Crippen LogP contribution in [0.1, 0.15) is 20.3 Å². The third kappa shape index (κ3) is 2.95. The molecule has 0 aromatic heterocycles. The minimum Gasteiger partial charge on any atom is -0.493 e. The number of rotatable bonds is 4. The van der Waals surface area contributed by atoms with Crippen LogP contribution in [0, 0.1) is 12.0 Å². The van der Waals surface area contributed by atoms with Crippen LogP contribution in [0.25, 0.3) is 0 Å². The summed E-state index contributed by atoms with van der Waals surface area (Å²) in [6.07, 6.45) is 1.17. The Morgan fingerprint density at radius 2 is 2.08 bits per heavy atom. The molecular weight excluding hydrogens is 148 g/mol. The first kappa shape index (κ1) is 9.11. The fraction of sp³-hybridized carbons (Fsp3) is 0.455. The Hall–Kier alpha value is -0.980. The van der Waals surface area contributed by atoms with Gasteiger partial charge in [0.2, 0.25) is 0 Å². The Balaban J connectivity index is 2.33. The maximum absolute atomic E-state index is 5.54. The van der Waals surface area contributed by atoms with Gasteiger partial charge in [-0.2, -0.15) is 0 Å². The maximum atomic E-state index is 5.54. The van der Waals surface area contributed by atoms with Gasteiger partial charge in [-0.15, -0.1) is 0 Å². The topological polar surface area (TPSA) is 9.23 Å². The molecule has 0 saturated heterocycles. The van der Waals surface area contributed by atoms with Gasteiger partial charge in [-0.1, -0.05) is 32.4 Å². The Kier molecular flexibility index (Phi) is 3.65. The lowest BCUT2D eigenvalue weighted by atomic mass is 10.1. The molecule has 1 aromatic rings. The molecule has 0 fully saturated rings. The lowest BCUT2D eigenvalue weighted by Gasteiger charge is -2.10. The van der Waals surface area contributed by atoms with E-state index in [4.69, 9.17) is 4.74 Å². The monoisotopic (exact) mass is 163 g/mol. The van der Waals surface area contributed by atoms with Gasteiger partial charge in [0.05, 0.1) is 6.61 Å². The van der Waals surface area contributed by atoms with E-state index in [9.17, 15) is 0 Å². The molecule has 0 heterocycles. The van der Waals surface area contributed by atoms with E-state index in [1.807, 2.05) is 24.3 Å². The van der Waals surface area contributed by atoms with Gasteiger partial charge in [0.1, 0.15) is 5.75 Å². The molecule has 0 unspecified atom stereocenters. The van der Waals surface area contributed by atoms with Gasteiger partial charge in [-0.05, 0) is 24.1 Å². The van der Waals surface area contributed by atoms with E-state index in [0.29, 0.717) is 5.92 Å². The normalized spacial score (nSPS) is 12.5. The molecule has 1 radical (unpaired) electrons. The third-order valence-corrected chi connectivity index (χ3v) is 1.92. The summed E-state index contributed by atoms with van der Waals surface area (Å²) in [6.45, 7) is 5.17. The van der Waals surface area contributed by atoms with Crippen molar-refractivity contribution in [1.82, 2.24) is 0 Å². The number of benzene rings is 1. The van der Waals surface area contributed by atoms with Gasteiger partial charge >= 0.3 is 0 Å². The van der Waals surface area contributed by atoms with Crippen LogP contribution in [0.2, 0.25) is 0 Å². The predicted octanol–water partition coefficient (Wildman–Crippen LogP) is 2.91. The summed E-state index contributed by atoms with van der Waals surface area (Å²) < 4.78 is 5.54. The van der Waals surface area contributed by atoms with E-state index >= 15 is 0 Å². The first-order valence-electron chi connectivity index (χ1n) is 4.42. The van der Waals surface area contributed by atoms with E-state index < -0.39 is 0 Å². The molecule has 1 atom stereocenters. The first-order chi connectivity index (χ1) is 5.83. The number of hydrogen-bond donors (Lipinski definition) is 0. The van der Waals surface area contributed by atoms with Crippen LogP contribution < -0.4 is 4.74 Å². The fourth-order valence-electron chi connectivity index (χ4n) is 0.824. The first-order valence-corrected chi connectivity index (χ1v) is 4.42. The van der Waals surface area contributed by atoms with E-state index in [2.05, 4.69) is 19.9 Å². The Morgan fingerprint density at radius 3 is 2.67 bits per heavy atom. The second-order valence-corrected chi connectivity index (χ2v) is 3.06. The van der Waals surface area contributed by atoms with Crippen LogP contribution in [0.3, 0.4) is 0 Å². The highest BCUT2D eigenvalue weighted by Crippen LogP contribution is 2.10. The highest BCUT2D eigenvalue weighted by atomic mass is 16.5. The average molecular weight is 163 g/mol. The van der Waals surface area contributed by atoms with E-state index in [1.165, 1.54) is 6.42 Å². The summed E-state index contributed by atoms with van der Waals surface area (Å²) in [5, 5.41) is 0. The molecule has 0 bridgehead atoms. The Labute approximate surface area is 74.4 Å². The summed E-state index contributed by atoms with van der Waals surface area (Å²) in [7, 11) is 0. The van der Waals surface area contributed by atoms with Crippen LogP contribution in [-0.4, -0.2) is 6.61 Å². The quantitative estimate of drug-likeness (QED) is 0.663. The van der Waals surface area contributed by atoms with Gasteiger partial charge in [-0.3, -0.25) is 0 Å². The molecule has 0 spiro atoms. The molecule has 1 aromatic carbocycles. The molecule has 1 heteroatoms. The minimum absolute atomic E-state index is 0.634. The van der Waals surface area contributed by atoms with Crippen LogP contribution >= 0.6 is 0 Å². The van der Waals surface area contributed by atoms with Crippen molar-refractivity contribution in [1.29, 1.82) is 0 Å². The molecule has 1 rings (SSSR count). The summed E-state index contributed by atoms with van der Waals surface area (Å²) >= 11 is 0. The van der Waals surface area contributed by atoms with Gasteiger partial charge in [0.15, 0.2) is 0 Å². The molecule has 0 N–H and O–H groups in total. The molecule has 0 saturated carbocycles. The zero-order valence-corrected chi connectivity index (χ0v) is 7.71. The average Bonchev–Trinajstić information content (AvgIpc) is 2.16. The molecule has 65 valence electrons. The summed E-state index contributed by atoms with van der Waals surface area (Å²) in [5.41, 5.74) is 0. The molecule has 1 nitrogen and oxygen atoms in total. The lowest BCUT2D eigenvalue weighted by molar-refractivity contribution is 0.256. The Bertz CT molecular complexity index is 206. The van der Waals surface area contributed by atoms with Crippen molar-refractivity contribution in [3.63, 3.8) is 0 Å². The van der Waals surface area contributed by atoms with Crippen molar-refractivity contribution in [3.8, 4) is 5.75 Å². The van der Waals surface area contributed by atoms with Crippen molar-refractivity contribution in [2.24, 2.45) is 5.92 Å². The summed E-state index contributed by atoms with van der Waals surface area (Å²) in [4.78, 5) is 0. The molecule has 0 aliphatic rings. The van der Waals surface area contributed by atoms with Crippen LogP contribution in [0.4, 0.5) is 0 Å². The van der Waals surface area contributed by atoms with Crippen molar-refractivity contribution in [3.05, 3.63) is 30.3 Å². The molecule has 0 amide bonds. The predicted molar refractivity (Wildman–Crippen MR) is 50.2 cm³/mol. The van der Waals surface area contributed by atoms with E-state index in [-0.39, 0.29) is 0 Å². The molecule has 12 heavy (non-hydrogen) atoms. The minimum atomic E-state index is 0.634. The SMILES string of the molecule is CC[C@H](C)COc1cc[c]cc1. The van der Waals surface area contributed by atoms with Gasteiger partial charge in [0, 0.05) is 0 Å². The highest BCUT2D eigenvalue weighted by molar-refractivity contribution is 5.20. The van der Waals surface area contributed by atoms with Crippen molar-refractivity contribution >= 4 is 0 Å². The summed E-state index contributed by atoms with van der Waals surface area (Å²) in [6, 6.07) is 10.6. The highest BCUT2D eigenvalue weighted by Gasteiger charge is 1.98. The van der Waals surface area contributed by atoms with Crippen molar-refractivity contribution in [2.75, 3.05) is 6.61 Å². The number of ether oxygens (including phenoxy) is 1. The van der Waals surface area contributed by atoms with Crippen LogP contribution in [0.15, 0.2) is 24.3 Å². The summed E-state index contributed by atoms with van der Waals surface area (Å²) in [5.74, 6) is 1.57. The smallest absolute Gasteiger partial charge is 0.119 e. The Morgan fingerprint density at radius 1 is 1.42 bits per heavy atom. The van der Waals surface area contributed by atoms with E-state index in [1.54, 1.807) is 0 Å². The lowest BCUT2D eigenvalue weighted by Crippen LogP contribution is -2.06.